The normalized spacial score (nSPS) is 16.1. The smallest absolute Gasteiger partial charge is 0.318 e. The number of urea groups is 1. The monoisotopic (exact) mass is 340 g/mol. The minimum Gasteiger partial charge on any atom is -0.351 e. The van der Waals surface area contributed by atoms with E-state index in [-0.39, 0.29) is 11.9 Å². The highest BCUT2D eigenvalue weighted by Crippen LogP contribution is 2.14. The SMILES string of the molecule is C[C@H](NC(=O)N(C)Cc1cc(Cl)cn1C)C(=O)N1CCCCC1. The molecule has 0 spiro atoms. The predicted molar refractivity (Wildman–Crippen MR) is 90.3 cm³/mol. The Morgan fingerprint density at radius 1 is 1.35 bits per heavy atom. The van der Waals surface area contributed by atoms with Crippen LogP contribution in [-0.2, 0) is 18.4 Å². The average molecular weight is 341 g/mol. The third-order valence-electron chi connectivity index (χ3n) is 4.20. The summed E-state index contributed by atoms with van der Waals surface area (Å²) in [6.45, 7) is 3.75. The van der Waals surface area contributed by atoms with Crippen molar-refractivity contribution in [3.05, 3.63) is 23.0 Å². The van der Waals surface area contributed by atoms with Gasteiger partial charge in [0.25, 0.3) is 0 Å². The van der Waals surface area contributed by atoms with E-state index in [2.05, 4.69) is 5.32 Å². The van der Waals surface area contributed by atoms with Crippen LogP contribution in [0.4, 0.5) is 4.79 Å². The zero-order chi connectivity index (χ0) is 17.0. The van der Waals surface area contributed by atoms with Gasteiger partial charge in [-0.2, -0.15) is 0 Å². The van der Waals surface area contributed by atoms with Crippen LogP contribution in [-0.4, -0.2) is 52.5 Å². The molecule has 1 aromatic heterocycles. The third-order valence-corrected chi connectivity index (χ3v) is 4.41. The number of aromatic nitrogens is 1. The van der Waals surface area contributed by atoms with Crippen molar-refractivity contribution in [2.75, 3.05) is 20.1 Å². The molecule has 6 nitrogen and oxygen atoms in total. The first-order valence-corrected chi connectivity index (χ1v) is 8.37. The number of halogens is 1. The standard InChI is InChI=1S/C16H25ClN4O2/c1-12(15(22)21-7-5-4-6-8-21)18-16(23)20(3)11-14-9-13(17)10-19(14)2/h9-10,12H,4-8,11H2,1-3H3,(H,18,23)/t12-/m0/s1. The van der Waals surface area contributed by atoms with Crippen molar-refractivity contribution >= 4 is 23.5 Å². The minimum atomic E-state index is -0.514. The molecule has 0 bridgehead atoms. The molecule has 128 valence electrons. The number of aryl methyl sites for hydroxylation is 1. The van der Waals surface area contributed by atoms with Gasteiger partial charge in [-0.15, -0.1) is 0 Å². The van der Waals surface area contributed by atoms with Crippen molar-refractivity contribution in [3.63, 3.8) is 0 Å². The number of amides is 3. The van der Waals surface area contributed by atoms with Crippen LogP contribution in [0, 0.1) is 0 Å². The fraction of sp³-hybridized carbons (Fsp3) is 0.625. The summed E-state index contributed by atoms with van der Waals surface area (Å²) < 4.78 is 1.88. The maximum Gasteiger partial charge on any atom is 0.318 e. The maximum atomic E-state index is 12.3. The lowest BCUT2D eigenvalue weighted by Crippen LogP contribution is -2.51. The number of hydrogen-bond acceptors (Lipinski definition) is 2. The molecule has 0 radical (unpaired) electrons. The van der Waals surface area contributed by atoms with Crippen molar-refractivity contribution in [2.45, 2.75) is 38.8 Å². The number of nitrogens with one attached hydrogen (secondary N) is 1. The lowest BCUT2D eigenvalue weighted by Gasteiger charge is -2.30. The number of nitrogens with zero attached hydrogens (tertiary/aromatic N) is 3. The molecule has 2 rings (SSSR count). The highest BCUT2D eigenvalue weighted by molar-refractivity contribution is 6.30. The molecule has 1 atom stereocenters. The van der Waals surface area contributed by atoms with E-state index in [1.807, 2.05) is 22.6 Å². The van der Waals surface area contributed by atoms with Crippen LogP contribution in [0.25, 0.3) is 0 Å². The van der Waals surface area contributed by atoms with Crippen LogP contribution in [0.2, 0.25) is 5.02 Å². The Kier molecular flexibility index (Phi) is 5.93. The molecule has 1 saturated heterocycles. The van der Waals surface area contributed by atoms with Crippen molar-refractivity contribution in [2.24, 2.45) is 7.05 Å². The van der Waals surface area contributed by atoms with Crippen LogP contribution in [0.5, 0.6) is 0 Å². The highest BCUT2D eigenvalue weighted by atomic mass is 35.5. The van der Waals surface area contributed by atoms with Crippen molar-refractivity contribution in [1.29, 1.82) is 0 Å². The quantitative estimate of drug-likeness (QED) is 0.913. The van der Waals surface area contributed by atoms with Gasteiger partial charge in [0.2, 0.25) is 5.91 Å². The number of likely N-dealkylation sites (tertiary alicyclic amines) is 1. The molecule has 1 aliphatic rings. The molecule has 2 heterocycles. The Morgan fingerprint density at radius 2 is 2.00 bits per heavy atom. The highest BCUT2D eigenvalue weighted by Gasteiger charge is 2.24. The Bertz CT molecular complexity index is 566. The number of piperidine rings is 1. The van der Waals surface area contributed by atoms with Crippen LogP contribution in [0.3, 0.4) is 0 Å². The molecule has 1 N–H and O–H groups in total. The minimum absolute atomic E-state index is 0.00615. The summed E-state index contributed by atoms with van der Waals surface area (Å²) in [4.78, 5) is 28.0. The molecule has 0 saturated carbocycles. The van der Waals surface area contributed by atoms with E-state index in [4.69, 9.17) is 11.6 Å². The zero-order valence-corrected chi connectivity index (χ0v) is 14.8. The van der Waals surface area contributed by atoms with Gasteiger partial charge in [0.05, 0.1) is 11.6 Å². The first-order valence-electron chi connectivity index (χ1n) is 7.99. The van der Waals surface area contributed by atoms with E-state index in [1.165, 1.54) is 6.42 Å². The number of carbonyl (C=O) groups is 2. The van der Waals surface area contributed by atoms with Crippen LogP contribution in [0.1, 0.15) is 31.9 Å². The van der Waals surface area contributed by atoms with E-state index in [1.54, 1.807) is 25.1 Å². The van der Waals surface area contributed by atoms with Crippen molar-refractivity contribution in [1.82, 2.24) is 19.7 Å². The van der Waals surface area contributed by atoms with Crippen LogP contribution >= 0.6 is 11.6 Å². The third kappa shape index (κ3) is 4.64. The van der Waals surface area contributed by atoms with E-state index >= 15 is 0 Å². The summed E-state index contributed by atoms with van der Waals surface area (Å²) in [6.07, 6.45) is 5.05. The molecular formula is C16H25ClN4O2. The Labute approximate surface area is 142 Å². The van der Waals surface area contributed by atoms with E-state index in [0.717, 1.165) is 31.6 Å². The fourth-order valence-corrected chi connectivity index (χ4v) is 3.06. The second-order valence-electron chi connectivity index (χ2n) is 6.17. The summed E-state index contributed by atoms with van der Waals surface area (Å²) in [7, 11) is 3.59. The van der Waals surface area contributed by atoms with Gasteiger partial charge in [-0.3, -0.25) is 4.79 Å². The van der Waals surface area contributed by atoms with E-state index < -0.39 is 6.04 Å². The first-order chi connectivity index (χ1) is 10.9. The number of carbonyl (C=O) groups excluding carboxylic acids is 2. The molecule has 0 aliphatic carbocycles. The summed E-state index contributed by atoms with van der Waals surface area (Å²) in [5.74, 6) is -0.00615. The number of rotatable bonds is 4. The van der Waals surface area contributed by atoms with Gasteiger partial charge in [0.1, 0.15) is 6.04 Å². The van der Waals surface area contributed by atoms with Gasteiger partial charge < -0.3 is 19.7 Å². The van der Waals surface area contributed by atoms with E-state index in [0.29, 0.717) is 11.6 Å². The lowest BCUT2D eigenvalue weighted by atomic mass is 10.1. The van der Waals surface area contributed by atoms with Gasteiger partial charge in [0, 0.05) is 39.1 Å². The second kappa shape index (κ2) is 7.73. The molecule has 7 heteroatoms. The first kappa shape index (κ1) is 17.7. The summed E-state index contributed by atoms with van der Waals surface area (Å²) in [6, 6.07) is 1.05. The molecule has 0 aromatic carbocycles. The van der Waals surface area contributed by atoms with Crippen molar-refractivity contribution < 1.29 is 9.59 Å². The summed E-state index contributed by atoms with van der Waals surface area (Å²) in [5, 5.41) is 3.42. The second-order valence-corrected chi connectivity index (χ2v) is 6.61. The van der Waals surface area contributed by atoms with Crippen LogP contribution in [0.15, 0.2) is 12.3 Å². The zero-order valence-electron chi connectivity index (χ0n) is 14.0. The molecule has 0 unspecified atom stereocenters. The molecule has 1 aromatic rings. The Hall–Kier alpha value is -1.69. The van der Waals surface area contributed by atoms with Gasteiger partial charge >= 0.3 is 6.03 Å². The molecule has 1 aliphatic heterocycles. The largest absolute Gasteiger partial charge is 0.351 e. The fourth-order valence-electron chi connectivity index (χ4n) is 2.78. The van der Waals surface area contributed by atoms with E-state index in [9.17, 15) is 9.59 Å². The van der Waals surface area contributed by atoms with Gasteiger partial charge in [-0.1, -0.05) is 11.6 Å². The van der Waals surface area contributed by atoms with Crippen LogP contribution < -0.4 is 5.32 Å². The molecule has 3 amide bonds. The van der Waals surface area contributed by atoms with Gasteiger partial charge in [0.15, 0.2) is 0 Å². The lowest BCUT2D eigenvalue weighted by molar-refractivity contribution is -0.133. The summed E-state index contributed by atoms with van der Waals surface area (Å²) in [5.41, 5.74) is 0.933. The molecular weight excluding hydrogens is 316 g/mol. The van der Waals surface area contributed by atoms with Crippen molar-refractivity contribution in [3.8, 4) is 0 Å². The predicted octanol–water partition coefficient (Wildman–Crippen LogP) is 2.22. The van der Waals surface area contributed by atoms with Gasteiger partial charge in [-0.25, -0.2) is 4.79 Å². The van der Waals surface area contributed by atoms with Gasteiger partial charge in [-0.05, 0) is 32.3 Å². The summed E-state index contributed by atoms with van der Waals surface area (Å²) >= 11 is 5.95. The Balaban J connectivity index is 1.87. The number of hydrogen-bond donors (Lipinski definition) is 1. The average Bonchev–Trinajstić information content (AvgIpc) is 2.84. The molecule has 23 heavy (non-hydrogen) atoms. The Morgan fingerprint density at radius 3 is 2.57 bits per heavy atom. The maximum absolute atomic E-state index is 12.3. The topological polar surface area (TPSA) is 57.6 Å². The molecule has 1 fully saturated rings.